The predicted octanol–water partition coefficient (Wildman–Crippen LogP) is 5.33. The van der Waals surface area contributed by atoms with E-state index in [0.717, 1.165) is 46.1 Å². The van der Waals surface area contributed by atoms with E-state index in [4.69, 9.17) is 16.6 Å². The van der Waals surface area contributed by atoms with E-state index in [9.17, 15) is 0 Å². The Balaban J connectivity index is 1.74. The fraction of sp³-hybridized carbons (Fsp3) is 0.300. The third kappa shape index (κ3) is 3.40. The summed E-state index contributed by atoms with van der Waals surface area (Å²) in [5.74, 6) is 1.63. The van der Waals surface area contributed by atoms with E-state index in [2.05, 4.69) is 21.3 Å². The lowest BCUT2D eigenvalue weighted by Crippen LogP contribution is -2.30. The Kier molecular flexibility index (Phi) is 4.45. The molecular weight excluding hydrogens is 332 g/mol. The molecule has 0 bridgehead atoms. The number of aryl methyl sites for hydroxylation is 1. The van der Waals surface area contributed by atoms with Crippen molar-refractivity contribution in [3.63, 3.8) is 0 Å². The highest BCUT2D eigenvalue weighted by atomic mass is 35.5. The van der Waals surface area contributed by atoms with Gasteiger partial charge in [0.2, 0.25) is 5.95 Å². The first-order valence-electron chi connectivity index (χ1n) is 8.75. The molecule has 1 saturated heterocycles. The molecule has 128 valence electrons. The van der Waals surface area contributed by atoms with Crippen LogP contribution in [0.15, 0.2) is 42.5 Å². The number of rotatable bonds is 3. The normalized spacial score (nSPS) is 14.7. The fourth-order valence-electron chi connectivity index (χ4n) is 3.26. The highest BCUT2D eigenvalue weighted by molar-refractivity contribution is 6.31. The van der Waals surface area contributed by atoms with Crippen LogP contribution in [0.1, 0.15) is 24.8 Å². The zero-order valence-electron chi connectivity index (χ0n) is 14.3. The number of aromatic nitrogens is 2. The first kappa shape index (κ1) is 16.2. The molecule has 0 saturated carbocycles. The molecule has 1 aromatic heterocycles. The maximum Gasteiger partial charge on any atom is 0.229 e. The second-order valence-electron chi connectivity index (χ2n) is 6.52. The summed E-state index contributed by atoms with van der Waals surface area (Å²) < 4.78 is 0. The number of hydrogen-bond donors (Lipinski definition) is 1. The molecule has 0 amide bonds. The van der Waals surface area contributed by atoms with Gasteiger partial charge in [-0.15, -0.1) is 0 Å². The van der Waals surface area contributed by atoms with Gasteiger partial charge in [-0.05, 0) is 56.0 Å². The molecule has 25 heavy (non-hydrogen) atoms. The second kappa shape index (κ2) is 6.89. The number of benzene rings is 2. The minimum Gasteiger partial charge on any atom is -0.356 e. The average molecular weight is 353 g/mol. The quantitative estimate of drug-likeness (QED) is 0.692. The van der Waals surface area contributed by atoms with Gasteiger partial charge in [-0.1, -0.05) is 29.8 Å². The molecule has 3 aromatic rings. The Morgan fingerprint density at radius 3 is 2.60 bits per heavy atom. The Morgan fingerprint density at radius 1 is 1.00 bits per heavy atom. The van der Waals surface area contributed by atoms with Crippen molar-refractivity contribution in [2.75, 3.05) is 23.3 Å². The van der Waals surface area contributed by atoms with Crippen molar-refractivity contribution in [3.8, 4) is 0 Å². The van der Waals surface area contributed by atoms with Crippen LogP contribution in [0.4, 0.5) is 17.5 Å². The van der Waals surface area contributed by atoms with E-state index in [1.54, 1.807) is 0 Å². The molecule has 4 nitrogen and oxygen atoms in total. The van der Waals surface area contributed by atoms with Gasteiger partial charge in [-0.25, -0.2) is 4.98 Å². The largest absolute Gasteiger partial charge is 0.356 e. The molecule has 1 aliphatic rings. The van der Waals surface area contributed by atoms with E-state index in [1.807, 2.05) is 43.3 Å². The van der Waals surface area contributed by atoms with Gasteiger partial charge in [0.15, 0.2) is 0 Å². The summed E-state index contributed by atoms with van der Waals surface area (Å²) in [7, 11) is 0. The van der Waals surface area contributed by atoms with Crippen LogP contribution in [0.3, 0.4) is 0 Å². The summed E-state index contributed by atoms with van der Waals surface area (Å²) in [6.07, 6.45) is 3.73. The van der Waals surface area contributed by atoms with Crippen molar-refractivity contribution < 1.29 is 0 Å². The Morgan fingerprint density at radius 2 is 1.80 bits per heavy atom. The van der Waals surface area contributed by atoms with Crippen molar-refractivity contribution in [2.24, 2.45) is 0 Å². The van der Waals surface area contributed by atoms with Gasteiger partial charge in [0.05, 0.1) is 5.52 Å². The van der Waals surface area contributed by atoms with Gasteiger partial charge in [0.25, 0.3) is 0 Å². The SMILES string of the molecule is Cc1ccc(Nc2nc(N3CCCCC3)c3ccccc3n2)cc1Cl. The minimum atomic E-state index is 0.610. The van der Waals surface area contributed by atoms with E-state index in [-0.39, 0.29) is 0 Å². The second-order valence-corrected chi connectivity index (χ2v) is 6.93. The predicted molar refractivity (Wildman–Crippen MR) is 105 cm³/mol. The van der Waals surface area contributed by atoms with Crippen molar-refractivity contribution in [1.29, 1.82) is 0 Å². The third-order valence-electron chi connectivity index (χ3n) is 4.67. The van der Waals surface area contributed by atoms with Gasteiger partial charge < -0.3 is 10.2 Å². The Hall–Kier alpha value is -2.33. The monoisotopic (exact) mass is 352 g/mol. The lowest BCUT2D eigenvalue weighted by molar-refractivity contribution is 0.575. The number of nitrogens with one attached hydrogen (secondary N) is 1. The molecule has 1 N–H and O–H groups in total. The van der Waals surface area contributed by atoms with Crippen molar-refractivity contribution in [3.05, 3.63) is 53.1 Å². The van der Waals surface area contributed by atoms with E-state index in [0.29, 0.717) is 5.95 Å². The summed E-state index contributed by atoms with van der Waals surface area (Å²) in [5.41, 5.74) is 2.91. The van der Waals surface area contributed by atoms with Gasteiger partial charge in [0.1, 0.15) is 5.82 Å². The maximum absolute atomic E-state index is 6.24. The van der Waals surface area contributed by atoms with Crippen LogP contribution in [0.5, 0.6) is 0 Å². The van der Waals surface area contributed by atoms with Crippen LogP contribution in [0.2, 0.25) is 5.02 Å². The lowest BCUT2D eigenvalue weighted by atomic mass is 10.1. The summed E-state index contributed by atoms with van der Waals surface area (Å²) in [5, 5.41) is 5.16. The smallest absolute Gasteiger partial charge is 0.229 e. The number of para-hydroxylation sites is 1. The highest BCUT2D eigenvalue weighted by Gasteiger charge is 2.17. The van der Waals surface area contributed by atoms with Gasteiger partial charge in [-0.3, -0.25) is 0 Å². The zero-order valence-corrected chi connectivity index (χ0v) is 15.1. The van der Waals surface area contributed by atoms with Gasteiger partial charge in [-0.2, -0.15) is 4.98 Å². The van der Waals surface area contributed by atoms with Gasteiger partial charge in [0, 0.05) is 29.2 Å². The maximum atomic E-state index is 6.24. The Labute approximate surface area is 152 Å². The molecular formula is C20H21ClN4. The lowest BCUT2D eigenvalue weighted by Gasteiger charge is -2.29. The molecule has 2 aromatic carbocycles. The van der Waals surface area contributed by atoms with Crippen molar-refractivity contribution in [1.82, 2.24) is 9.97 Å². The minimum absolute atomic E-state index is 0.610. The first-order valence-corrected chi connectivity index (χ1v) is 9.13. The highest BCUT2D eigenvalue weighted by Crippen LogP contribution is 2.29. The van der Waals surface area contributed by atoms with Gasteiger partial charge >= 0.3 is 0 Å². The standard InChI is InChI=1S/C20H21ClN4/c1-14-9-10-15(13-17(14)21)22-20-23-18-8-4-3-7-16(18)19(24-20)25-11-5-2-6-12-25/h3-4,7-10,13H,2,5-6,11-12H2,1H3,(H,22,23,24). The summed E-state index contributed by atoms with van der Waals surface area (Å²) in [4.78, 5) is 11.9. The molecule has 1 fully saturated rings. The molecule has 5 heteroatoms. The number of hydrogen-bond acceptors (Lipinski definition) is 4. The summed E-state index contributed by atoms with van der Waals surface area (Å²) in [6.45, 7) is 4.10. The average Bonchev–Trinajstić information content (AvgIpc) is 2.65. The van der Waals surface area contributed by atoms with E-state index < -0.39 is 0 Å². The number of nitrogens with zero attached hydrogens (tertiary/aromatic N) is 3. The number of anilines is 3. The van der Waals surface area contributed by atoms with Crippen molar-refractivity contribution in [2.45, 2.75) is 26.2 Å². The molecule has 1 aliphatic heterocycles. The molecule has 2 heterocycles. The van der Waals surface area contributed by atoms with Crippen LogP contribution < -0.4 is 10.2 Å². The molecule has 0 spiro atoms. The molecule has 4 rings (SSSR count). The molecule has 0 aliphatic carbocycles. The molecule has 0 atom stereocenters. The number of piperidine rings is 1. The summed E-state index contributed by atoms with van der Waals surface area (Å²) in [6, 6.07) is 14.1. The Bertz CT molecular complexity index is 903. The fourth-order valence-corrected chi connectivity index (χ4v) is 3.44. The summed E-state index contributed by atoms with van der Waals surface area (Å²) >= 11 is 6.24. The molecule has 0 radical (unpaired) electrons. The van der Waals surface area contributed by atoms with Crippen molar-refractivity contribution >= 4 is 40.0 Å². The topological polar surface area (TPSA) is 41.1 Å². The number of fused-ring (bicyclic) bond motifs is 1. The van der Waals surface area contributed by atoms with E-state index >= 15 is 0 Å². The zero-order chi connectivity index (χ0) is 17.2. The number of halogens is 1. The van der Waals surface area contributed by atoms with Crippen LogP contribution in [-0.2, 0) is 0 Å². The van der Waals surface area contributed by atoms with Crippen LogP contribution in [0, 0.1) is 6.92 Å². The van der Waals surface area contributed by atoms with Crippen LogP contribution in [-0.4, -0.2) is 23.1 Å². The van der Waals surface area contributed by atoms with Crippen LogP contribution in [0.25, 0.3) is 10.9 Å². The third-order valence-corrected chi connectivity index (χ3v) is 5.07. The van der Waals surface area contributed by atoms with Crippen LogP contribution >= 0.6 is 11.6 Å². The van der Waals surface area contributed by atoms with E-state index in [1.165, 1.54) is 19.3 Å². The first-order chi connectivity index (χ1) is 12.2. The molecule has 0 unspecified atom stereocenters.